The summed E-state index contributed by atoms with van der Waals surface area (Å²) in [5.41, 5.74) is 5.11. The number of H-pyrrole nitrogens is 1. The van der Waals surface area contributed by atoms with E-state index in [9.17, 15) is 14.4 Å². The van der Waals surface area contributed by atoms with Crippen LogP contribution in [0, 0.1) is 5.92 Å². The summed E-state index contributed by atoms with van der Waals surface area (Å²) in [6.45, 7) is 5.54. The molecule has 0 bridgehead atoms. The largest absolute Gasteiger partial charge is 0.369 e. The molecule has 2 aliphatic heterocycles. The summed E-state index contributed by atoms with van der Waals surface area (Å²) in [7, 11) is 0. The number of amides is 2. The first-order chi connectivity index (χ1) is 12.5. The van der Waals surface area contributed by atoms with Gasteiger partial charge in [-0.1, -0.05) is 0 Å². The molecule has 3 N–H and O–H groups in total. The molecule has 2 saturated heterocycles. The summed E-state index contributed by atoms with van der Waals surface area (Å²) < 4.78 is 1.67. The lowest BCUT2D eigenvalue weighted by atomic mass is 9.92. The van der Waals surface area contributed by atoms with Gasteiger partial charge < -0.3 is 10.6 Å². The monoisotopic (exact) mass is 364 g/mol. The third-order valence-corrected chi connectivity index (χ3v) is 5.51. The Hall–Kier alpha value is -2.16. The van der Waals surface area contributed by atoms with Crippen LogP contribution in [0.15, 0.2) is 4.79 Å². The molecule has 0 unspecified atom stereocenters. The number of likely N-dealkylation sites (tertiary alicyclic amines) is 2. The van der Waals surface area contributed by atoms with Crippen molar-refractivity contribution >= 4 is 11.8 Å². The lowest BCUT2D eigenvalue weighted by Gasteiger charge is -2.37. The Labute approximate surface area is 152 Å². The number of nitrogens with two attached hydrogens (primary N) is 1. The standard InChI is InChI=1S/C17H28N6O3/c1-2-23-15(19-20-17(23)26)12-5-8-22(9-6-12)16(25)13-4-3-7-21(10-13)11-14(18)24/h12-13H,2-11H2,1H3,(H2,18,24)(H,20,26)/t13-/m0/s1. The van der Waals surface area contributed by atoms with Gasteiger partial charge in [-0.05, 0) is 39.2 Å². The normalized spacial score (nSPS) is 22.5. The maximum Gasteiger partial charge on any atom is 0.343 e. The highest BCUT2D eigenvalue weighted by Gasteiger charge is 2.33. The molecular weight excluding hydrogens is 336 g/mol. The van der Waals surface area contributed by atoms with Gasteiger partial charge in [0.05, 0.1) is 12.5 Å². The topological polar surface area (TPSA) is 117 Å². The maximum atomic E-state index is 12.9. The van der Waals surface area contributed by atoms with Crippen LogP contribution < -0.4 is 11.4 Å². The molecule has 1 aromatic heterocycles. The molecule has 3 heterocycles. The fourth-order valence-electron chi connectivity index (χ4n) is 4.18. The minimum Gasteiger partial charge on any atom is -0.369 e. The number of aromatic nitrogens is 3. The average molecular weight is 364 g/mol. The van der Waals surface area contributed by atoms with E-state index in [0.29, 0.717) is 26.2 Å². The van der Waals surface area contributed by atoms with Gasteiger partial charge in [-0.2, -0.15) is 5.10 Å². The fourth-order valence-corrected chi connectivity index (χ4v) is 4.18. The van der Waals surface area contributed by atoms with Crippen molar-refractivity contribution in [2.45, 2.75) is 45.1 Å². The summed E-state index contributed by atoms with van der Waals surface area (Å²) in [5, 5.41) is 6.70. The molecule has 0 saturated carbocycles. The highest BCUT2D eigenvalue weighted by Crippen LogP contribution is 2.28. The van der Waals surface area contributed by atoms with Gasteiger partial charge in [0.1, 0.15) is 5.82 Å². The molecule has 0 radical (unpaired) electrons. The Bertz CT molecular complexity index is 704. The zero-order valence-electron chi connectivity index (χ0n) is 15.3. The molecule has 0 aliphatic carbocycles. The van der Waals surface area contributed by atoms with Crippen LogP contribution in [0.1, 0.15) is 44.3 Å². The Morgan fingerprint density at radius 2 is 1.96 bits per heavy atom. The average Bonchev–Trinajstić information content (AvgIpc) is 3.01. The Morgan fingerprint density at radius 3 is 2.62 bits per heavy atom. The molecule has 2 fully saturated rings. The summed E-state index contributed by atoms with van der Waals surface area (Å²) >= 11 is 0. The Morgan fingerprint density at radius 1 is 1.23 bits per heavy atom. The lowest BCUT2D eigenvalue weighted by molar-refractivity contribution is -0.139. The number of rotatable bonds is 5. The van der Waals surface area contributed by atoms with Gasteiger partial charge in [-0.15, -0.1) is 0 Å². The number of primary amides is 1. The zero-order chi connectivity index (χ0) is 18.7. The minimum absolute atomic E-state index is 0.0566. The SMILES string of the molecule is CCn1c(C2CCN(C(=O)[C@H]3CCCN(CC(N)=O)C3)CC2)n[nH]c1=O. The molecule has 9 nitrogen and oxygen atoms in total. The third kappa shape index (κ3) is 3.98. The molecule has 26 heavy (non-hydrogen) atoms. The second kappa shape index (κ2) is 8.03. The first kappa shape index (κ1) is 18.6. The summed E-state index contributed by atoms with van der Waals surface area (Å²) in [4.78, 5) is 39.6. The Balaban J connectivity index is 1.56. The van der Waals surface area contributed by atoms with E-state index in [2.05, 4.69) is 10.2 Å². The third-order valence-electron chi connectivity index (χ3n) is 5.51. The first-order valence-electron chi connectivity index (χ1n) is 9.44. The van der Waals surface area contributed by atoms with E-state index in [1.165, 1.54) is 0 Å². The molecule has 3 rings (SSSR count). The zero-order valence-corrected chi connectivity index (χ0v) is 15.3. The highest BCUT2D eigenvalue weighted by atomic mass is 16.2. The van der Waals surface area contributed by atoms with Crippen LogP contribution in [0.25, 0.3) is 0 Å². The number of piperidine rings is 2. The van der Waals surface area contributed by atoms with Gasteiger partial charge in [0.2, 0.25) is 11.8 Å². The van der Waals surface area contributed by atoms with Crippen molar-refractivity contribution in [2.24, 2.45) is 11.7 Å². The molecule has 2 aliphatic rings. The van der Waals surface area contributed by atoms with Gasteiger partial charge in [0.15, 0.2) is 0 Å². The number of carbonyl (C=O) groups excluding carboxylic acids is 2. The van der Waals surface area contributed by atoms with Gasteiger partial charge in [0, 0.05) is 32.1 Å². The summed E-state index contributed by atoms with van der Waals surface area (Å²) in [6.07, 6.45) is 3.40. The van der Waals surface area contributed by atoms with E-state index in [-0.39, 0.29) is 35.9 Å². The minimum atomic E-state index is -0.347. The van der Waals surface area contributed by atoms with Crippen LogP contribution in [0.4, 0.5) is 0 Å². The van der Waals surface area contributed by atoms with E-state index < -0.39 is 0 Å². The van der Waals surface area contributed by atoms with Crippen LogP contribution in [0.5, 0.6) is 0 Å². The van der Waals surface area contributed by atoms with Crippen LogP contribution in [0.3, 0.4) is 0 Å². The highest BCUT2D eigenvalue weighted by molar-refractivity contribution is 5.80. The van der Waals surface area contributed by atoms with Crippen LogP contribution >= 0.6 is 0 Å². The summed E-state index contributed by atoms with van der Waals surface area (Å²) in [6, 6.07) is 0. The molecule has 144 valence electrons. The second-order valence-corrected chi connectivity index (χ2v) is 7.27. The van der Waals surface area contributed by atoms with E-state index >= 15 is 0 Å². The molecule has 0 aromatic carbocycles. The molecule has 0 spiro atoms. The molecule has 2 amide bonds. The summed E-state index contributed by atoms with van der Waals surface area (Å²) in [5.74, 6) is 0.775. The van der Waals surface area contributed by atoms with E-state index in [1.807, 2.05) is 16.7 Å². The van der Waals surface area contributed by atoms with Gasteiger partial charge >= 0.3 is 5.69 Å². The number of aromatic amines is 1. The van der Waals surface area contributed by atoms with Crippen molar-refractivity contribution in [3.63, 3.8) is 0 Å². The van der Waals surface area contributed by atoms with E-state index in [0.717, 1.165) is 38.1 Å². The van der Waals surface area contributed by atoms with Crippen molar-refractivity contribution in [1.29, 1.82) is 0 Å². The van der Waals surface area contributed by atoms with Gasteiger partial charge in [0.25, 0.3) is 0 Å². The first-order valence-corrected chi connectivity index (χ1v) is 9.44. The van der Waals surface area contributed by atoms with Gasteiger partial charge in [-0.25, -0.2) is 9.89 Å². The number of hydrogen-bond acceptors (Lipinski definition) is 5. The number of hydrogen-bond donors (Lipinski definition) is 2. The maximum absolute atomic E-state index is 12.9. The number of nitrogens with zero attached hydrogens (tertiary/aromatic N) is 4. The van der Waals surface area contributed by atoms with Crippen LogP contribution in [0.2, 0.25) is 0 Å². The van der Waals surface area contributed by atoms with E-state index in [4.69, 9.17) is 5.73 Å². The second-order valence-electron chi connectivity index (χ2n) is 7.27. The smallest absolute Gasteiger partial charge is 0.343 e. The van der Waals surface area contributed by atoms with Crippen LogP contribution in [-0.2, 0) is 16.1 Å². The van der Waals surface area contributed by atoms with Crippen molar-refractivity contribution in [2.75, 3.05) is 32.7 Å². The predicted octanol–water partition coefficient (Wildman–Crippen LogP) is -0.505. The van der Waals surface area contributed by atoms with Crippen molar-refractivity contribution in [1.82, 2.24) is 24.6 Å². The Kier molecular flexibility index (Phi) is 5.75. The lowest BCUT2D eigenvalue weighted by Crippen LogP contribution is -2.48. The number of nitrogens with one attached hydrogen (secondary N) is 1. The molecule has 1 atom stereocenters. The van der Waals surface area contributed by atoms with Crippen molar-refractivity contribution < 1.29 is 9.59 Å². The van der Waals surface area contributed by atoms with Crippen molar-refractivity contribution in [3.05, 3.63) is 16.3 Å². The molecule has 9 heteroatoms. The van der Waals surface area contributed by atoms with Gasteiger partial charge in [-0.3, -0.25) is 19.1 Å². The molecule has 1 aromatic rings. The fraction of sp³-hybridized carbons (Fsp3) is 0.765. The molecular formula is C17H28N6O3. The van der Waals surface area contributed by atoms with Crippen LogP contribution in [-0.4, -0.2) is 69.1 Å². The van der Waals surface area contributed by atoms with E-state index in [1.54, 1.807) is 4.57 Å². The quantitative estimate of drug-likeness (QED) is 0.730. The van der Waals surface area contributed by atoms with Crippen molar-refractivity contribution in [3.8, 4) is 0 Å². The predicted molar refractivity (Wildman–Crippen MR) is 95.4 cm³/mol. The number of carbonyl (C=O) groups is 2.